The van der Waals surface area contributed by atoms with Crippen LogP contribution in [0.15, 0.2) is 30.3 Å². The van der Waals surface area contributed by atoms with Crippen molar-refractivity contribution in [3.8, 4) is 6.07 Å². The molecule has 4 bridgehead atoms. The zero-order valence-corrected chi connectivity index (χ0v) is 17.1. The van der Waals surface area contributed by atoms with Gasteiger partial charge in [0, 0.05) is 0 Å². The van der Waals surface area contributed by atoms with E-state index in [1.165, 1.54) is 19.3 Å². The summed E-state index contributed by atoms with van der Waals surface area (Å²) in [5.74, 6) is 0.673. The van der Waals surface area contributed by atoms with E-state index in [0.29, 0.717) is 24.2 Å². The van der Waals surface area contributed by atoms with E-state index < -0.39 is 11.8 Å². The highest BCUT2D eigenvalue weighted by Crippen LogP contribution is 2.60. The van der Waals surface area contributed by atoms with Gasteiger partial charge >= 0.3 is 0 Å². The number of nitriles is 1. The van der Waals surface area contributed by atoms with Crippen molar-refractivity contribution >= 4 is 29.1 Å². The maximum absolute atomic E-state index is 13.0. The van der Waals surface area contributed by atoms with Gasteiger partial charge in [0.1, 0.15) is 5.92 Å². The van der Waals surface area contributed by atoms with Crippen molar-refractivity contribution in [2.75, 3.05) is 0 Å². The number of hydrogen-bond donors (Lipinski definition) is 3. The Hall–Kier alpha value is -2.46. The third-order valence-electron chi connectivity index (χ3n) is 6.80. The predicted molar refractivity (Wildman–Crippen MR) is 112 cm³/mol. The first-order valence-corrected chi connectivity index (χ1v) is 10.7. The van der Waals surface area contributed by atoms with E-state index >= 15 is 0 Å². The number of hydrazine groups is 1. The molecule has 1 aromatic carbocycles. The number of benzene rings is 1. The molecule has 5 rings (SSSR count). The van der Waals surface area contributed by atoms with E-state index in [9.17, 15) is 14.9 Å². The minimum absolute atomic E-state index is 0.0236. The largest absolute Gasteiger partial charge is 0.301 e. The molecule has 1 unspecified atom stereocenters. The van der Waals surface area contributed by atoms with Gasteiger partial charge in [-0.1, -0.05) is 30.3 Å². The third-order valence-corrected chi connectivity index (χ3v) is 7.01. The lowest BCUT2D eigenvalue weighted by atomic mass is 9.49. The average Bonchev–Trinajstić information content (AvgIpc) is 2.70. The second kappa shape index (κ2) is 8.11. The number of amides is 2. The highest BCUT2D eigenvalue weighted by molar-refractivity contribution is 7.80. The average molecular weight is 411 g/mol. The Balaban J connectivity index is 1.28. The maximum atomic E-state index is 13.0. The Labute approximate surface area is 176 Å². The fraction of sp³-hybridized carbons (Fsp3) is 0.545. The van der Waals surface area contributed by atoms with E-state index in [4.69, 9.17) is 12.2 Å². The third kappa shape index (κ3) is 4.27. The molecular weight excluding hydrogens is 384 g/mol. The quantitative estimate of drug-likeness (QED) is 0.524. The van der Waals surface area contributed by atoms with Gasteiger partial charge in [-0.3, -0.25) is 20.4 Å². The molecule has 4 aliphatic carbocycles. The van der Waals surface area contributed by atoms with Gasteiger partial charge < -0.3 is 5.32 Å². The van der Waals surface area contributed by atoms with Crippen LogP contribution in [0.3, 0.4) is 0 Å². The summed E-state index contributed by atoms with van der Waals surface area (Å²) in [4.78, 5) is 25.3. The predicted octanol–water partition coefficient (Wildman–Crippen LogP) is 2.61. The van der Waals surface area contributed by atoms with Gasteiger partial charge in [-0.15, -0.1) is 0 Å². The molecule has 0 radical (unpaired) electrons. The molecule has 0 aromatic heterocycles. The fourth-order valence-electron chi connectivity index (χ4n) is 5.91. The molecule has 0 spiro atoms. The molecule has 152 valence electrons. The number of nitrogens with one attached hydrogen (secondary N) is 3. The number of rotatable bonds is 4. The van der Waals surface area contributed by atoms with Gasteiger partial charge in [0.25, 0.3) is 5.91 Å². The second-order valence-electron chi connectivity index (χ2n) is 8.97. The van der Waals surface area contributed by atoms with Crippen LogP contribution < -0.4 is 16.2 Å². The van der Waals surface area contributed by atoms with Crippen LogP contribution in [0.4, 0.5) is 0 Å². The Morgan fingerprint density at radius 3 is 2.21 bits per heavy atom. The number of nitrogens with zero attached hydrogens (tertiary/aromatic N) is 1. The summed E-state index contributed by atoms with van der Waals surface area (Å²) in [6.45, 7) is 0. The van der Waals surface area contributed by atoms with Crippen molar-refractivity contribution < 1.29 is 9.59 Å². The Bertz CT molecular complexity index is 813. The standard InChI is InChI=1S/C22H26N4O2S/c23-13-18(9-14-4-2-1-3-5-14)19(27)25-26-21(29)24-20(28)22-10-15-6-16(11-22)8-17(7-15)12-22/h1-5,15-18H,6-12H2,(H,25,27)(H2,24,26,28,29). The minimum Gasteiger partial charge on any atom is -0.301 e. The minimum atomic E-state index is -0.841. The van der Waals surface area contributed by atoms with Crippen LogP contribution in [0, 0.1) is 40.4 Å². The van der Waals surface area contributed by atoms with Gasteiger partial charge in [-0.05, 0) is 80.5 Å². The topological polar surface area (TPSA) is 94.0 Å². The van der Waals surface area contributed by atoms with Crippen LogP contribution in [0.2, 0.25) is 0 Å². The molecule has 4 fully saturated rings. The van der Waals surface area contributed by atoms with Crippen molar-refractivity contribution in [3.63, 3.8) is 0 Å². The van der Waals surface area contributed by atoms with Crippen LogP contribution in [0.5, 0.6) is 0 Å². The molecule has 4 aliphatic rings. The van der Waals surface area contributed by atoms with Crippen molar-refractivity contribution in [2.24, 2.45) is 29.1 Å². The molecular formula is C22H26N4O2S. The lowest BCUT2D eigenvalue weighted by Crippen LogP contribution is -2.57. The summed E-state index contributed by atoms with van der Waals surface area (Å²) in [5.41, 5.74) is 5.67. The number of carbonyl (C=O) groups excluding carboxylic acids is 2. The molecule has 4 saturated carbocycles. The van der Waals surface area contributed by atoms with Gasteiger partial charge in [-0.2, -0.15) is 5.26 Å². The van der Waals surface area contributed by atoms with E-state index in [-0.39, 0.29) is 16.4 Å². The number of carbonyl (C=O) groups is 2. The lowest BCUT2D eigenvalue weighted by molar-refractivity contribution is -0.144. The van der Waals surface area contributed by atoms with Gasteiger partial charge in [0.2, 0.25) is 5.91 Å². The summed E-state index contributed by atoms with van der Waals surface area (Å²) in [6, 6.07) is 11.4. The molecule has 0 aliphatic heterocycles. The molecule has 3 N–H and O–H groups in total. The molecule has 1 atom stereocenters. The summed E-state index contributed by atoms with van der Waals surface area (Å²) in [5, 5.41) is 12.2. The molecule has 0 saturated heterocycles. The second-order valence-corrected chi connectivity index (χ2v) is 9.38. The SMILES string of the molecule is N#CC(Cc1ccccc1)C(=O)NNC(=S)NC(=O)C12CC3CC(CC(C3)C1)C2. The molecule has 2 amide bonds. The van der Waals surface area contributed by atoms with Crippen molar-refractivity contribution in [1.82, 2.24) is 16.2 Å². The Morgan fingerprint density at radius 1 is 1.07 bits per heavy atom. The highest BCUT2D eigenvalue weighted by Gasteiger charge is 2.54. The smallest absolute Gasteiger partial charge is 0.256 e. The van der Waals surface area contributed by atoms with E-state index in [1.54, 1.807) is 0 Å². The zero-order chi connectivity index (χ0) is 20.4. The van der Waals surface area contributed by atoms with Crippen molar-refractivity contribution in [2.45, 2.75) is 44.9 Å². The Morgan fingerprint density at radius 2 is 1.66 bits per heavy atom. The van der Waals surface area contributed by atoms with Crippen LogP contribution in [-0.4, -0.2) is 16.9 Å². The first-order valence-electron chi connectivity index (χ1n) is 10.3. The number of thiocarbonyl (C=S) groups is 1. The van der Waals surface area contributed by atoms with E-state index in [0.717, 1.165) is 24.8 Å². The maximum Gasteiger partial charge on any atom is 0.256 e. The highest BCUT2D eigenvalue weighted by atomic mass is 32.1. The normalized spacial score (nSPS) is 30.1. The molecule has 0 heterocycles. The van der Waals surface area contributed by atoms with Gasteiger partial charge in [-0.25, -0.2) is 0 Å². The summed E-state index contributed by atoms with van der Waals surface area (Å²) in [6.07, 6.45) is 6.97. The van der Waals surface area contributed by atoms with E-state index in [2.05, 4.69) is 16.2 Å². The summed E-state index contributed by atoms with van der Waals surface area (Å²) >= 11 is 5.22. The number of hydrogen-bond acceptors (Lipinski definition) is 4. The van der Waals surface area contributed by atoms with Crippen LogP contribution in [-0.2, 0) is 16.0 Å². The Kier molecular flexibility index (Phi) is 5.55. The first kappa shape index (κ1) is 19.8. The molecule has 1 aromatic rings. The summed E-state index contributed by atoms with van der Waals surface area (Å²) in [7, 11) is 0. The lowest BCUT2D eigenvalue weighted by Gasteiger charge is -2.55. The van der Waals surface area contributed by atoms with Gasteiger partial charge in [0.15, 0.2) is 5.11 Å². The molecule has 7 heteroatoms. The van der Waals surface area contributed by atoms with Crippen molar-refractivity contribution in [1.29, 1.82) is 5.26 Å². The van der Waals surface area contributed by atoms with Crippen LogP contribution in [0.25, 0.3) is 0 Å². The summed E-state index contributed by atoms with van der Waals surface area (Å²) < 4.78 is 0. The molecule has 6 nitrogen and oxygen atoms in total. The fourth-order valence-corrected chi connectivity index (χ4v) is 6.05. The molecule has 29 heavy (non-hydrogen) atoms. The zero-order valence-electron chi connectivity index (χ0n) is 16.3. The van der Waals surface area contributed by atoms with Crippen LogP contribution >= 0.6 is 12.2 Å². The van der Waals surface area contributed by atoms with Crippen LogP contribution in [0.1, 0.15) is 44.1 Å². The van der Waals surface area contributed by atoms with E-state index in [1.807, 2.05) is 36.4 Å². The monoisotopic (exact) mass is 410 g/mol. The van der Waals surface area contributed by atoms with Gasteiger partial charge in [0.05, 0.1) is 11.5 Å². The van der Waals surface area contributed by atoms with Crippen molar-refractivity contribution in [3.05, 3.63) is 35.9 Å². The first-order chi connectivity index (χ1) is 14.0.